The van der Waals surface area contributed by atoms with Gasteiger partial charge >= 0.3 is 0 Å². The van der Waals surface area contributed by atoms with Gasteiger partial charge in [-0.3, -0.25) is 0 Å². The van der Waals surface area contributed by atoms with Gasteiger partial charge in [-0.15, -0.1) is 0 Å². The van der Waals surface area contributed by atoms with Gasteiger partial charge in [0.2, 0.25) is 0 Å². The van der Waals surface area contributed by atoms with Crippen molar-refractivity contribution in [3.8, 4) is 0 Å². The van der Waals surface area contributed by atoms with E-state index in [1.54, 1.807) is 14.2 Å². The van der Waals surface area contributed by atoms with E-state index in [-0.39, 0.29) is 18.3 Å². The van der Waals surface area contributed by atoms with Crippen LogP contribution in [0.1, 0.15) is 0 Å². The summed E-state index contributed by atoms with van der Waals surface area (Å²) in [4.78, 5) is 0. The van der Waals surface area contributed by atoms with Crippen molar-refractivity contribution in [3.63, 3.8) is 0 Å². The molecule has 2 unspecified atom stereocenters. The highest BCUT2D eigenvalue weighted by atomic mass is 127. The second-order valence-corrected chi connectivity index (χ2v) is 3.16. The van der Waals surface area contributed by atoms with Crippen LogP contribution in [0, 0.1) is 0 Å². The fraction of sp³-hybridized carbons (Fsp3) is 1.00. The summed E-state index contributed by atoms with van der Waals surface area (Å²) in [6, 6.07) is 0. The summed E-state index contributed by atoms with van der Waals surface area (Å²) in [5.74, 6) is 0. The summed E-state index contributed by atoms with van der Waals surface area (Å²) < 4.78 is 20.8. The first-order valence-corrected chi connectivity index (χ1v) is 4.62. The summed E-state index contributed by atoms with van der Waals surface area (Å²) in [7, 11) is 3.31. The summed E-state index contributed by atoms with van der Waals surface area (Å²) in [6.45, 7) is 1.13. The number of hydrogen-bond donors (Lipinski definition) is 0. The predicted molar refractivity (Wildman–Crippen MR) is 51.3 cm³/mol. The van der Waals surface area contributed by atoms with E-state index in [9.17, 15) is 0 Å². The minimum atomic E-state index is -0.0180. The number of ether oxygens (including phenoxy) is 3. The first-order chi connectivity index (χ1) is 5.83. The van der Waals surface area contributed by atoms with Gasteiger partial charge in [0.15, 0.2) is 0 Å². The Morgan fingerprint density at radius 1 is 1.50 bits per heavy atom. The van der Waals surface area contributed by atoms with Crippen LogP contribution in [0.15, 0.2) is 0 Å². The van der Waals surface area contributed by atoms with Crippen molar-refractivity contribution < 1.29 is 17.3 Å². The molecule has 1 saturated heterocycles. The second-order valence-electron chi connectivity index (χ2n) is 2.65. The van der Waals surface area contributed by atoms with Gasteiger partial charge in [0, 0.05) is 14.2 Å². The third kappa shape index (κ3) is 2.29. The average Bonchev–Trinajstić information content (AvgIpc) is 2.47. The lowest BCUT2D eigenvalue weighted by Crippen LogP contribution is -2.34. The molecule has 0 saturated carbocycles. The molecule has 0 amide bonds. The molecule has 0 aromatic rings. The van der Waals surface area contributed by atoms with Crippen molar-refractivity contribution in [3.05, 3.63) is 0 Å². The van der Waals surface area contributed by atoms with E-state index in [1.165, 1.54) is 0 Å². The average molecular weight is 288 g/mol. The molecule has 72 valence electrons. The maximum Gasteiger partial charge on any atom is 0.127 e. The predicted octanol–water partition coefficient (Wildman–Crippen LogP) is 0.782. The SMILES string of the molecule is COC[C@H]1OCC(OC)C1OI. The Bertz CT molecular complexity index is 133. The van der Waals surface area contributed by atoms with E-state index in [0.717, 1.165) is 0 Å². The normalized spacial score (nSPS) is 35.8. The number of halogens is 1. The van der Waals surface area contributed by atoms with Crippen molar-refractivity contribution in [1.82, 2.24) is 0 Å². The van der Waals surface area contributed by atoms with Gasteiger partial charge in [-0.1, -0.05) is 0 Å². The zero-order valence-electron chi connectivity index (χ0n) is 7.16. The molecule has 0 radical (unpaired) electrons. The Morgan fingerprint density at radius 3 is 2.75 bits per heavy atom. The van der Waals surface area contributed by atoms with Crippen molar-refractivity contribution in [2.75, 3.05) is 27.4 Å². The van der Waals surface area contributed by atoms with Gasteiger partial charge in [-0.2, -0.15) is 0 Å². The Kier molecular flexibility index (Phi) is 4.73. The van der Waals surface area contributed by atoms with Gasteiger partial charge in [-0.05, 0) is 0 Å². The Balaban J connectivity index is 2.44. The third-order valence-electron chi connectivity index (χ3n) is 1.94. The van der Waals surface area contributed by atoms with E-state index in [1.807, 2.05) is 23.0 Å². The van der Waals surface area contributed by atoms with Gasteiger partial charge < -0.3 is 17.3 Å². The molecule has 0 N–H and O–H groups in total. The van der Waals surface area contributed by atoms with Crippen LogP contribution in [-0.4, -0.2) is 45.7 Å². The van der Waals surface area contributed by atoms with E-state index in [2.05, 4.69) is 0 Å². The fourth-order valence-corrected chi connectivity index (χ4v) is 1.93. The molecular formula is C7H13IO4. The second kappa shape index (κ2) is 5.33. The van der Waals surface area contributed by atoms with Crippen LogP contribution in [0.25, 0.3) is 0 Å². The molecule has 0 aliphatic carbocycles. The lowest BCUT2D eigenvalue weighted by atomic mass is 10.1. The number of rotatable bonds is 4. The fourth-order valence-electron chi connectivity index (χ4n) is 1.27. The smallest absolute Gasteiger partial charge is 0.127 e. The minimum absolute atomic E-state index is 0.00292. The first kappa shape index (κ1) is 10.6. The maximum atomic E-state index is 5.42. The van der Waals surface area contributed by atoms with Gasteiger partial charge in [0.25, 0.3) is 0 Å². The van der Waals surface area contributed by atoms with Crippen LogP contribution in [0.3, 0.4) is 0 Å². The van der Waals surface area contributed by atoms with Gasteiger partial charge in [0.05, 0.1) is 13.2 Å². The molecule has 1 heterocycles. The number of hydrogen-bond acceptors (Lipinski definition) is 4. The molecule has 0 aromatic heterocycles. The molecule has 1 fully saturated rings. The molecule has 4 nitrogen and oxygen atoms in total. The van der Waals surface area contributed by atoms with Crippen molar-refractivity contribution in [1.29, 1.82) is 0 Å². The van der Waals surface area contributed by atoms with Crippen molar-refractivity contribution in [2.24, 2.45) is 0 Å². The third-order valence-corrected chi connectivity index (χ3v) is 2.53. The molecule has 1 rings (SSSR count). The molecule has 0 spiro atoms. The van der Waals surface area contributed by atoms with E-state index >= 15 is 0 Å². The van der Waals surface area contributed by atoms with Crippen molar-refractivity contribution in [2.45, 2.75) is 18.3 Å². The largest absolute Gasteiger partial charge is 0.382 e. The van der Waals surface area contributed by atoms with Crippen LogP contribution >= 0.6 is 23.0 Å². The van der Waals surface area contributed by atoms with Crippen LogP contribution < -0.4 is 0 Å². The molecule has 1 aliphatic rings. The van der Waals surface area contributed by atoms with E-state index in [0.29, 0.717) is 13.2 Å². The summed E-state index contributed by atoms with van der Waals surface area (Å²) in [5.41, 5.74) is 0. The highest BCUT2D eigenvalue weighted by Gasteiger charge is 2.38. The Labute approximate surface area is 86.2 Å². The monoisotopic (exact) mass is 288 g/mol. The molecule has 5 heteroatoms. The standard InChI is InChI=1S/C7H13IO4/c1-9-3-6-7(12-8)5(10-2)4-11-6/h5-7H,3-4H2,1-2H3/t5?,6-,7?/m1/s1. The Morgan fingerprint density at radius 2 is 2.25 bits per heavy atom. The first-order valence-electron chi connectivity index (χ1n) is 3.74. The van der Waals surface area contributed by atoms with Crippen LogP contribution in [0.2, 0.25) is 0 Å². The van der Waals surface area contributed by atoms with Crippen LogP contribution in [0.5, 0.6) is 0 Å². The highest BCUT2D eigenvalue weighted by Crippen LogP contribution is 2.22. The molecule has 3 atom stereocenters. The van der Waals surface area contributed by atoms with Crippen molar-refractivity contribution >= 4 is 23.0 Å². The zero-order valence-corrected chi connectivity index (χ0v) is 9.31. The van der Waals surface area contributed by atoms with Gasteiger partial charge in [0.1, 0.15) is 41.3 Å². The summed E-state index contributed by atoms with van der Waals surface area (Å²) >= 11 is 1.87. The summed E-state index contributed by atoms with van der Waals surface area (Å²) in [5, 5.41) is 0. The van der Waals surface area contributed by atoms with E-state index < -0.39 is 0 Å². The lowest BCUT2D eigenvalue weighted by molar-refractivity contribution is 0.00414. The van der Waals surface area contributed by atoms with E-state index in [4.69, 9.17) is 17.3 Å². The molecule has 12 heavy (non-hydrogen) atoms. The Hall–Kier alpha value is 0.570. The topological polar surface area (TPSA) is 36.9 Å². The minimum Gasteiger partial charge on any atom is -0.382 e. The molecule has 1 aliphatic heterocycles. The molecule has 0 bridgehead atoms. The molecule has 0 aromatic carbocycles. The van der Waals surface area contributed by atoms with Crippen LogP contribution in [0.4, 0.5) is 0 Å². The lowest BCUT2D eigenvalue weighted by Gasteiger charge is -2.18. The molecular weight excluding hydrogens is 275 g/mol. The number of methoxy groups -OCH3 is 2. The highest BCUT2D eigenvalue weighted by molar-refractivity contribution is 14.1. The zero-order chi connectivity index (χ0) is 8.97. The van der Waals surface area contributed by atoms with Crippen LogP contribution in [-0.2, 0) is 17.3 Å². The quantitative estimate of drug-likeness (QED) is 0.716. The van der Waals surface area contributed by atoms with Gasteiger partial charge in [-0.25, -0.2) is 0 Å². The summed E-state index contributed by atoms with van der Waals surface area (Å²) in [6.07, 6.45) is 0.00875. The maximum absolute atomic E-state index is 5.42.